The third-order valence-electron chi connectivity index (χ3n) is 4.13. The molecular weight excluding hydrogens is 398 g/mol. The van der Waals surface area contributed by atoms with Gasteiger partial charge in [0.05, 0.1) is 31.2 Å². The minimum atomic E-state index is -3.91. The molecule has 9 nitrogen and oxygen atoms in total. The molecular formula is C19H19N3O6S. The summed E-state index contributed by atoms with van der Waals surface area (Å²) in [4.78, 5) is 15.9. The summed E-state index contributed by atoms with van der Waals surface area (Å²) in [6.07, 6.45) is 0. The highest BCUT2D eigenvalue weighted by molar-refractivity contribution is 7.89. The summed E-state index contributed by atoms with van der Waals surface area (Å²) in [5.74, 6) is 0.419. The van der Waals surface area contributed by atoms with Gasteiger partial charge in [0.15, 0.2) is 0 Å². The first-order valence-corrected chi connectivity index (χ1v) is 9.98. The normalized spacial score (nSPS) is 11.3. The summed E-state index contributed by atoms with van der Waals surface area (Å²) in [7, 11) is -1.13. The largest absolute Gasteiger partial charge is 0.497 e. The molecule has 2 aromatic carbocycles. The topological polar surface area (TPSA) is 121 Å². The van der Waals surface area contributed by atoms with E-state index in [1.54, 1.807) is 38.3 Å². The van der Waals surface area contributed by atoms with E-state index >= 15 is 0 Å². The Morgan fingerprint density at radius 2 is 1.97 bits per heavy atom. The number of aryl methyl sites for hydroxylation is 1. The Hall–Kier alpha value is -3.24. The molecule has 3 rings (SSSR count). The molecule has 152 valence electrons. The molecule has 0 bridgehead atoms. The first-order chi connectivity index (χ1) is 13.8. The number of carbonyl (C=O) groups excluding carboxylic acids is 1. The zero-order chi connectivity index (χ0) is 21.0. The molecule has 0 saturated carbocycles. The zero-order valence-electron chi connectivity index (χ0n) is 16.0. The van der Waals surface area contributed by atoms with Gasteiger partial charge in [0, 0.05) is 5.56 Å². The monoisotopic (exact) mass is 417 g/mol. The molecule has 0 atom stereocenters. The first kappa shape index (κ1) is 20.5. The molecule has 29 heavy (non-hydrogen) atoms. The van der Waals surface area contributed by atoms with Gasteiger partial charge in [0.1, 0.15) is 5.75 Å². The Morgan fingerprint density at radius 3 is 2.69 bits per heavy atom. The van der Waals surface area contributed by atoms with Crippen molar-refractivity contribution in [3.63, 3.8) is 0 Å². The minimum Gasteiger partial charge on any atom is -0.497 e. The van der Waals surface area contributed by atoms with Gasteiger partial charge >= 0.3 is 5.97 Å². The Morgan fingerprint density at radius 1 is 1.17 bits per heavy atom. The van der Waals surface area contributed by atoms with Crippen molar-refractivity contribution in [2.24, 2.45) is 0 Å². The van der Waals surface area contributed by atoms with Gasteiger partial charge in [-0.2, -0.15) is 4.98 Å². The first-order valence-electron chi connectivity index (χ1n) is 8.49. The lowest BCUT2D eigenvalue weighted by Gasteiger charge is -2.08. The van der Waals surface area contributed by atoms with Gasteiger partial charge in [0.25, 0.3) is 0 Å². The second kappa shape index (κ2) is 8.41. The number of sulfonamides is 1. The van der Waals surface area contributed by atoms with E-state index < -0.39 is 16.0 Å². The van der Waals surface area contributed by atoms with Crippen molar-refractivity contribution in [2.75, 3.05) is 14.2 Å². The molecule has 0 aliphatic carbocycles. The molecule has 1 aromatic heterocycles. The quantitative estimate of drug-likeness (QED) is 0.582. The lowest BCUT2D eigenvalue weighted by molar-refractivity contribution is 0.0599. The lowest BCUT2D eigenvalue weighted by atomic mass is 10.1. The Balaban J connectivity index is 1.76. The molecule has 0 fully saturated rings. The number of benzene rings is 2. The van der Waals surface area contributed by atoms with Gasteiger partial charge in [-0.25, -0.2) is 17.9 Å². The van der Waals surface area contributed by atoms with Crippen LogP contribution in [0.1, 0.15) is 21.8 Å². The number of hydrogen-bond donors (Lipinski definition) is 1. The van der Waals surface area contributed by atoms with E-state index in [4.69, 9.17) is 9.26 Å². The molecule has 0 amide bonds. The van der Waals surface area contributed by atoms with Crippen molar-refractivity contribution < 1.29 is 27.2 Å². The van der Waals surface area contributed by atoms with E-state index in [1.165, 1.54) is 25.3 Å². The van der Waals surface area contributed by atoms with Crippen molar-refractivity contribution in [3.8, 4) is 17.1 Å². The average molecular weight is 417 g/mol. The number of ether oxygens (including phenoxy) is 2. The van der Waals surface area contributed by atoms with E-state index in [0.29, 0.717) is 22.7 Å². The number of methoxy groups -OCH3 is 2. The molecule has 0 spiro atoms. The van der Waals surface area contributed by atoms with Gasteiger partial charge in [0.2, 0.25) is 21.7 Å². The number of nitrogens with one attached hydrogen (secondary N) is 1. The van der Waals surface area contributed by atoms with E-state index in [1.807, 2.05) is 0 Å². The molecule has 1 N–H and O–H groups in total. The van der Waals surface area contributed by atoms with Crippen LogP contribution in [-0.2, 0) is 21.3 Å². The van der Waals surface area contributed by atoms with E-state index in [-0.39, 0.29) is 22.9 Å². The molecule has 0 radical (unpaired) electrons. The SMILES string of the molecule is COC(=O)c1cc(S(=O)(=O)NCc2nc(-c3cccc(OC)c3)no2)ccc1C. The fourth-order valence-electron chi connectivity index (χ4n) is 2.54. The van der Waals surface area contributed by atoms with Crippen molar-refractivity contribution in [1.82, 2.24) is 14.9 Å². The maximum atomic E-state index is 12.6. The Kier molecular flexibility index (Phi) is 5.95. The fourth-order valence-corrected chi connectivity index (χ4v) is 3.54. The number of hydrogen-bond acceptors (Lipinski definition) is 8. The summed E-state index contributed by atoms with van der Waals surface area (Å²) in [5.41, 5.74) is 1.45. The third kappa shape index (κ3) is 4.61. The Labute approximate surface area is 167 Å². The fraction of sp³-hybridized carbons (Fsp3) is 0.211. The van der Waals surface area contributed by atoms with Crippen molar-refractivity contribution in [3.05, 3.63) is 59.5 Å². The van der Waals surface area contributed by atoms with E-state index in [2.05, 4.69) is 19.6 Å². The highest BCUT2D eigenvalue weighted by atomic mass is 32.2. The molecule has 0 aliphatic heterocycles. The van der Waals surface area contributed by atoms with E-state index in [0.717, 1.165) is 0 Å². The molecule has 1 heterocycles. The van der Waals surface area contributed by atoms with E-state index in [9.17, 15) is 13.2 Å². The van der Waals surface area contributed by atoms with Crippen LogP contribution in [0.25, 0.3) is 11.4 Å². The van der Waals surface area contributed by atoms with Gasteiger partial charge in [-0.15, -0.1) is 0 Å². The van der Waals surface area contributed by atoms with Gasteiger partial charge in [-0.1, -0.05) is 23.4 Å². The second-order valence-corrected chi connectivity index (χ2v) is 7.80. The second-order valence-electron chi connectivity index (χ2n) is 6.04. The maximum absolute atomic E-state index is 12.6. The molecule has 3 aromatic rings. The van der Waals surface area contributed by atoms with Crippen LogP contribution in [0.5, 0.6) is 5.75 Å². The average Bonchev–Trinajstić information content (AvgIpc) is 3.21. The standard InChI is InChI=1S/C19H19N3O6S/c1-12-7-8-15(10-16(12)19(23)27-3)29(24,25)20-11-17-21-18(22-28-17)13-5-4-6-14(9-13)26-2/h4-10,20H,11H2,1-3H3. The van der Waals surface area contributed by atoms with Gasteiger partial charge in [-0.3, -0.25) is 0 Å². The summed E-state index contributed by atoms with van der Waals surface area (Å²) >= 11 is 0. The summed E-state index contributed by atoms with van der Waals surface area (Å²) < 4.78 is 42.5. The van der Waals surface area contributed by atoms with Crippen LogP contribution in [0, 0.1) is 6.92 Å². The van der Waals surface area contributed by atoms with Crippen LogP contribution in [0.15, 0.2) is 51.9 Å². The van der Waals surface area contributed by atoms with Crippen LogP contribution in [0.2, 0.25) is 0 Å². The molecule has 0 saturated heterocycles. The lowest BCUT2D eigenvalue weighted by Crippen LogP contribution is -2.24. The smallest absolute Gasteiger partial charge is 0.338 e. The summed E-state index contributed by atoms with van der Waals surface area (Å²) in [5, 5.41) is 3.86. The van der Waals surface area contributed by atoms with Gasteiger partial charge < -0.3 is 14.0 Å². The molecule has 10 heteroatoms. The number of carbonyl (C=O) groups is 1. The van der Waals surface area contributed by atoms with Crippen molar-refractivity contribution in [2.45, 2.75) is 18.4 Å². The van der Waals surface area contributed by atoms with Crippen LogP contribution in [0.3, 0.4) is 0 Å². The predicted octanol–water partition coefficient (Wildman–Crippen LogP) is 2.32. The van der Waals surface area contributed by atoms with Crippen molar-refractivity contribution >= 4 is 16.0 Å². The molecule has 0 aliphatic rings. The highest BCUT2D eigenvalue weighted by Gasteiger charge is 2.19. The van der Waals surface area contributed by atoms with Crippen molar-refractivity contribution in [1.29, 1.82) is 0 Å². The summed E-state index contributed by atoms with van der Waals surface area (Å²) in [6, 6.07) is 11.3. The third-order valence-corrected chi connectivity index (χ3v) is 5.53. The minimum absolute atomic E-state index is 0.0731. The number of nitrogens with zero attached hydrogens (tertiary/aromatic N) is 2. The summed E-state index contributed by atoms with van der Waals surface area (Å²) in [6.45, 7) is 1.48. The zero-order valence-corrected chi connectivity index (χ0v) is 16.8. The highest BCUT2D eigenvalue weighted by Crippen LogP contribution is 2.21. The maximum Gasteiger partial charge on any atom is 0.338 e. The van der Waals surface area contributed by atoms with Crippen LogP contribution in [-0.4, -0.2) is 38.7 Å². The number of rotatable bonds is 7. The number of esters is 1. The van der Waals surface area contributed by atoms with Crippen LogP contribution < -0.4 is 9.46 Å². The predicted molar refractivity (Wildman–Crippen MR) is 103 cm³/mol. The number of aromatic nitrogens is 2. The van der Waals surface area contributed by atoms with Gasteiger partial charge in [-0.05, 0) is 36.8 Å². The van der Waals surface area contributed by atoms with Crippen LogP contribution in [0.4, 0.5) is 0 Å². The Bertz CT molecular complexity index is 1140. The van der Waals surface area contributed by atoms with Crippen LogP contribution >= 0.6 is 0 Å². The molecule has 0 unspecified atom stereocenters.